The smallest absolute Gasteiger partial charge is 0.118 e. The Hall–Kier alpha value is -2.27. The maximum Gasteiger partial charge on any atom is 0.118 e. The zero-order valence-electron chi connectivity index (χ0n) is 9.68. The SMILES string of the molecule is COc1ccc(-c2ccccc2CC#N)cc1. The van der Waals surface area contributed by atoms with Crippen LogP contribution in [-0.2, 0) is 6.42 Å². The number of ether oxygens (including phenoxy) is 1. The van der Waals surface area contributed by atoms with Crippen LogP contribution in [0, 0.1) is 11.3 Å². The molecule has 2 aromatic carbocycles. The highest BCUT2D eigenvalue weighted by atomic mass is 16.5. The number of hydrogen-bond acceptors (Lipinski definition) is 2. The molecule has 0 aliphatic rings. The van der Waals surface area contributed by atoms with Gasteiger partial charge in [0.15, 0.2) is 0 Å². The van der Waals surface area contributed by atoms with E-state index in [4.69, 9.17) is 10.00 Å². The standard InChI is InChI=1S/C15H13NO/c1-17-14-8-6-13(7-9-14)15-5-3-2-4-12(15)10-11-16/h2-9H,10H2,1H3. The zero-order chi connectivity index (χ0) is 12.1. The highest BCUT2D eigenvalue weighted by molar-refractivity contribution is 5.68. The molecule has 17 heavy (non-hydrogen) atoms. The van der Waals surface area contributed by atoms with Gasteiger partial charge in [0.05, 0.1) is 19.6 Å². The Bertz CT molecular complexity index is 538. The van der Waals surface area contributed by atoms with Crippen molar-refractivity contribution in [3.63, 3.8) is 0 Å². The van der Waals surface area contributed by atoms with Crippen molar-refractivity contribution in [1.82, 2.24) is 0 Å². The van der Waals surface area contributed by atoms with Crippen LogP contribution in [0.25, 0.3) is 11.1 Å². The van der Waals surface area contributed by atoms with Crippen LogP contribution in [0.15, 0.2) is 48.5 Å². The first-order valence-corrected chi connectivity index (χ1v) is 5.44. The molecular formula is C15H13NO. The first-order valence-electron chi connectivity index (χ1n) is 5.44. The fourth-order valence-electron chi connectivity index (χ4n) is 1.81. The number of hydrogen-bond donors (Lipinski definition) is 0. The molecule has 0 bridgehead atoms. The maximum atomic E-state index is 8.80. The van der Waals surface area contributed by atoms with Crippen molar-refractivity contribution in [3.05, 3.63) is 54.1 Å². The summed E-state index contributed by atoms with van der Waals surface area (Å²) >= 11 is 0. The number of methoxy groups -OCH3 is 1. The van der Waals surface area contributed by atoms with Crippen LogP contribution in [0.3, 0.4) is 0 Å². The van der Waals surface area contributed by atoms with Crippen LogP contribution >= 0.6 is 0 Å². The molecule has 0 saturated heterocycles. The van der Waals surface area contributed by atoms with Gasteiger partial charge in [0.1, 0.15) is 5.75 Å². The van der Waals surface area contributed by atoms with E-state index < -0.39 is 0 Å². The monoisotopic (exact) mass is 223 g/mol. The Morgan fingerprint density at radius 1 is 1.06 bits per heavy atom. The van der Waals surface area contributed by atoms with Crippen LogP contribution in [0.4, 0.5) is 0 Å². The fourth-order valence-corrected chi connectivity index (χ4v) is 1.81. The number of benzene rings is 2. The van der Waals surface area contributed by atoms with Gasteiger partial charge in [-0.3, -0.25) is 0 Å². The average Bonchev–Trinajstić information content (AvgIpc) is 2.40. The van der Waals surface area contributed by atoms with Gasteiger partial charge in [0.2, 0.25) is 0 Å². The van der Waals surface area contributed by atoms with Crippen molar-refractivity contribution in [2.75, 3.05) is 7.11 Å². The molecule has 0 amide bonds. The average molecular weight is 223 g/mol. The number of nitriles is 1. The molecule has 2 heteroatoms. The van der Waals surface area contributed by atoms with Gasteiger partial charge in [0, 0.05) is 0 Å². The van der Waals surface area contributed by atoms with Gasteiger partial charge in [-0.05, 0) is 28.8 Å². The lowest BCUT2D eigenvalue weighted by Gasteiger charge is -2.07. The fraction of sp³-hybridized carbons (Fsp3) is 0.133. The van der Waals surface area contributed by atoms with Crippen molar-refractivity contribution in [1.29, 1.82) is 5.26 Å². The van der Waals surface area contributed by atoms with Gasteiger partial charge in [-0.25, -0.2) is 0 Å². The van der Waals surface area contributed by atoms with Crippen molar-refractivity contribution < 1.29 is 4.74 Å². The Kier molecular flexibility index (Phi) is 3.42. The summed E-state index contributed by atoms with van der Waals surface area (Å²) < 4.78 is 5.13. The predicted molar refractivity (Wildman–Crippen MR) is 67.7 cm³/mol. The summed E-state index contributed by atoms with van der Waals surface area (Å²) in [6.45, 7) is 0. The molecule has 2 nitrogen and oxygen atoms in total. The topological polar surface area (TPSA) is 33.0 Å². The molecule has 0 spiro atoms. The summed E-state index contributed by atoms with van der Waals surface area (Å²) in [7, 11) is 1.65. The third-order valence-corrected chi connectivity index (χ3v) is 2.69. The molecule has 0 fully saturated rings. The van der Waals surface area contributed by atoms with E-state index in [9.17, 15) is 0 Å². The molecule has 0 aromatic heterocycles. The van der Waals surface area contributed by atoms with E-state index in [1.54, 1.807) is 7.11 Å². The number of rotatable bonds is 3. The lowest BCUT2D eigenvalue weighted by atomic mass is 9.98. The second kappa shape index (κ2) is 5.18. The minimum absolute atomic E-state index is 0.433. The Labute approximate surface area is 101 Å². The first kappa shape index (κ1) is 11.2. The molecule has 0 aliphatic carbocycles. The Morgan fingerprint density at radius 2 is 1.76 bits per heavy atom. The van der Waals surface area contributed by atoms with Crippen LogP contribution in [0.1, 0.15) is 5.56 Å². The maximum absolute atomic E-state index is 8.80. The molecule has 0 aliphatic heterocycles. The van der Waals surface area contributed by atoms with E-state index in [-0.39, 0.29) is 0 Å². The number of nitrogens with zero attached hydrogens (tertiary/aromatic N) is 1. The molecule has 2 rings (SSSR count). The van der Waals surface area contributed by atoms with Gasteiger partial charge in [-0.15, -0.1) is 0 Å². The molecule has 2 aromatic rings. The summed E-state index contributed by atoms with van der Waals surface area (Å²) in [5.74, 6) is 0.839. The lowest BCUT2D eigenvalue weighted by molar-refractivity contribution is 0.415. The van der Waals surface area contributed by atoms with E-state index in [1.165, 1.54) is 0 Å². The van der Waals surface area contributed by atoms with Gasteiger partial charge in [-0.2, -0.15) is 5.26 Å². The van der Waals surface area contributed by atoms with Crippen molar-refractivity contribution in [2.24, 2.45) is 0 Å². The van der Waals surface area contributed by atoms with E-state index in [0.717, 1.165) is 22.4 Å². The summed E-state index contributed by atoms with van der Waals surface area (Å²) in [6.07, 6.45) is 0.433. The highest BCUT2D eigenvalue weighted by Gasteiger charge is 2.03. The first-order chi connectivity index (χ1) is 8.35. The van der Waals surface area contributed by atoms with E-state index in [1.807, 2.05) is 48.5 Å². The van der Waals surface area contributed by atoms with Crippen molar-refractivity contribution in [2.45, 2.75) is 6.42 Å². The molecule has 0 heterocycles. The quantitative estimate of drug-likeness (QED) is 0.798. The van der Waals surface area contributed by atoms with E-state index >= 15 is 0 Å². The molecule has 0 unspecified atom stereocenters. The van der Waals surface area contributed by atoms with Crippen molar-refractivity contribution in [3.8, 4) is 22.9 Å². The second-order valence-corrected chi connectivity index (χ2v) is 3.72. The van der Waals surface area contributed by atoms with Gasteiger partial charge in [-0.1, -0.05) is 36.4 Å². The molecule has 0 saturated carbocycles. The van der Waals surface area contributed by atoms with Crippen molar-refractivity contribution >= 4 is 0 Å². The summed E-state index contributed by atoms with van der Waals surface area (Å²) in [5, 5.41) is 8.80. The van der Waals surface area contributed by atoms with Gasteiger partial charge in [0.25, 0.3) is 0 Å². The third-order valence-electron chi connectivity index (χ3n) is 2.69. The van der Waals surface area contributed by atoms with Gasteiger partial charge < -0.3 is 4.74 Å². The third kappa shape index (κ3) is 2.46. The molecular weight excluding hydrogens is 210 g/mol. The second-order valence-electron chi connectivity index (χ2n) is 3.72. The summed E-state index contributed by atoms with van der Waals surface area (Å²) in [6, 6.07) is 18.0. The largest absolute Gasteiger partial charge is 0.497 e. The lowest BCUT2D eigenvalue weighted by Crippen LogP contribution is -1.88. The van der Waals surface area contributed by atoms with E-state index in [0.29, 0.717) is 6.42 Å². The Balaban J connectivity index is 2.41. The normalized spacial score (nSPS) is 9.65. The molecule has 0 radical (unpaired) electrons. The zero-order valence-corrected chi connectivity index (χ0v) is 9.68. The molecule has 0 N–H and O–H groups in total. The van der Waals surface area contributed by atoms with Crippen LogP contribution in [-0.4, -0.2) is 7.11 Å². The molecule has 84 valence electrons. The van der Waals surface area contributed by atoms with Crippen LogP contribution in [0.2, 0.25) is 0 Å². The summed E-state index contributed by atoms with van der Waals surface area (Å²) in [4.78, 5) is 0. The Morgan fingerprint density at radius 3 is 2.41 bits per heavy atom. The van der Waals surface area contributed by atoms with Crippen LogP contribution < -0.4 is 4.74 Å². The van der Waals surface area contributed by atoms with Crippen LogP contribution in [0.5, 0.6) is 5.75 Å². The highest BCUT2D eigenvalue weighted by Crippen LogP contribution is 2.25. The molecule has 0 atom stereocenters. The minimum Gasteiger partial charge on any atom is -0.497 e. The van der Waals surface area contributed by atoms with E-state index in [2.05, 4.69) is 6.07 Å². The predicted octanol–water partition coefficient (Wildman–Crippen LogP) is 3.43. The van der Waals surface area contributed by atoms with Gasteiger partial charge >= 0.3 is 0 Å². The minimum atomic E-state index is 0.433. The summed E-state index contributed by atoms with van der Waals surface area (Å²) in [5.41, 5.74) is 3.27.